The number of amides is 1. The zero-order valence-corrected chi connectivity index (χ0v) is 9.02. The first-order chi connectivity index (χ1) is 7.25. The Bertz CT molecular complexity index is 321. The minimum atomic E-state index is -0.0633. The van der Waals surface area contributed by atoms with Crippen molar-refractivity contribution < 1.29 is 4.79 Å². The first-order valence-corrected chi connectivity index (χ1v) is 5.54. The predicted octanol–water partition coefficient (Wildman–Crippen LogP) is 2.02. The van der Waals surface area contributed by atoms with E-state index in [-0.39, 0.29) is 6.03 Å². The number of nitrogens with zero attached hydrogens (tertiary/aromatic N) is 2. The van der Waals surface area contributed by atoms with Gasteiger partial charge < -0.3 is 5.32 Å². The highest BCUT2D eigenvalue weighted by atomic mass is 16.2. The molecule has 15 heavy (non-hydrogen) atoms. The van der Waals surface area contributed by atoms with Crippen LogP contribution in [-0.4, -0.2) is 21.6 Å². The Morgan fingerprint density at radius 2 is 2.40 bits per heavy atom. The maximum Gasteiger partial charge on any atom is 0.327 e. The molecule has 0 aliphatic heterocycles. The third-order valence-electron chi connectivity index (χ3n) is 3.00. The fraction of sp³-hybridized carbons (Fsp3) is 0.636. The monoisotopic (exact) mass is 207 g/mol. The number of rotatable bonds is 1. The summed E-state index contributed by atoms with van der Waals surface area (Å²) in [6.45, 7) is 2.25. The molecular formula is C11H17N3O. The fourth-order valence-corrected chi connectivity index (χ4v) is 2.19. The van der Waals surface area contributed by atoms with E-state index in [0.29, 0.717) is 6.04 Å². The number of hydrogen-bond donors (Lipinski definition) is 1. The summed E-state index contributed by atoms with van der Waals surface area (Å²) in [5, 5.41) is 3.04. The lowest BCUT2D eigenvalue weighted by Crippen LogP contribution is -2.39. The molecule has 1 amide bonds. The third-order valence-corrected chi connectivity index (χ3v) is 3.00. The summed E-state index contributed by atoms with van der Waals surface area (Å²) in [5.74, 6) is 0.729. The van der Waals surface area contributed by atoms with Crippen molar-refractivity contribution in [2.75, 3.05) is 0 Å². The maximum absolute atomic E-state index is 11.7. The van der Waals surface area contributed by atoms with Crippen LogP contribution >= 0.6 is 0 Å². The van der Waals surface area contributed by atoms with E-state index in [0.717, 1.165) is 18.8 Å². The van der Waals surface area contributed by atoms with Crippen LogP contribution in [0.5, 0.6) is 0 Å². The average molecular weight is 207 g/mol. The molecule has 4 nitrogen and oxygen atoms in total. The minimum absolute atomic E-state index is 0.0633. The molecule has 1 saturated carbocycles. The SMILES string of the molecule is CC1CCCC(NC(=O)n2ccnc2)C1. The molecule has 0 radical (unpaired) electrons. The largest absolute Gasteiger partial charge is 0.335 e. The summed E-state index contributed by atoms with van der Waals surface area (Å²) in [5.41, 5.74) is 0. The Labute approximate surface area is 89.7 Å². The van der Waals surface area contributed by atoms with Crippen LogP contribution < -0.4 is 5.32 Å². The molecule has 0 aromatic carbocycles. The molecule has 0 bridgehead atoms. The van der Waals surface area contributed by atoms with Gasteiger partial charge in [0, 0.05) is 18.4 Å². The van der Waals surface area contributed by atoms with Gasteiger partial charge in [-0.1, -0.05) is 19.8 Å². The minimum Gasteiger partial charge on any atom is -0.335 e. The van der Waals surface area contributed by atoms with Gasteiger partial charge in [-0.2, -0.15) is 0 Å². The standard InChI is InChI=1S/C11H17N3O/c1-9-3-2-4-10(7-9)13-11(15)14-6-5-12-8-14/h5-6,8-10H,2-4,7H2,1H3,(H,13,15). The summed E-state index contributed by atoms with van der Waals surface area (Å²) in [6, 6.07) is 0.273. The highest BCUT2D eigenvalue weighted by Crippen LogP contribution is 2.23. The second-order valence-corrected chi connectivity index (χ2v) is 4.39. The Hall–Kier alpha value is -1.32. The van der Waals surface area contributed by atoms with Gasteiger partial charge in [0.25, 0.3) is 0 Å². The molecule has 1 aliphatic rings. The van der Waals surface area contributed by atoms with Crippen LogP contribution in [-0.2, 0) is 0 Å². The Morgan fingerprint density at radius 1 is 1.53 bits per heavy atom. The molecule has 1 aromatic heterocycles. The van der Waals surface area contributed by atoms with Crippen LogP contribution in [0.15, 0.2) is 18.7 Å². The maximum atomic E-state index is 11.7. The molecule has 2 rings (SSSR count). The Morgan fingerprint density at radius 3 is 3.07 bits per heavy atom. The molecule has 1 fully saturated rings. The van der Waals surface area contributed by atoms with Gasteiger partial charge >= 0.3 is 6.03 Å². The molecular weight excluding hydrogens is 190 g/mol. The van der Waals surface area contributed by atoms with Crippen molar-refractivity contribution in [3.05, 3.63) is 18.7 Å². The lowest BCUT2D eigenvalue weighted by atomic mass is 9.87. The smallest absolute Gasteiger partial charge is 0.327 e. The quantitative estimate of drug-likeness (QED) is 0.765. The molecule has 4 heteroatoms. The van der Waals surface area contributed by atoms with Crippen molar-refractivity contribution in [3.8, 4) is 0 Å². The van der Waals surface area contributed by atoms with E-state index < -0.39 is 0 Å². The van der Waals surface area contributed by atoms with Gasteiger partial charge in [-0.25, -0.2) is 9.78 Å². The van der Waals surface area contributed by atoms with Crippen molar-refractivity contribution in [2.45, 2.75) is 38.6 Å². The van der Waals surface area contributed by atoms with Crippen LogP contribution in [0.4, 0.5) is 4.79 Å². The van der Waals surface area contributed by atoms with E-state index in [9.17, 15) is 4.79 Å². The molecule has 2 unspecified atom stereocenters. The molecule has 1 heterocycles. The Kier molecular flexibility index (Phi) is 3.04. The number of carbonyl (C=O) groups excluding carboxylic acids is 1. The van der Waals surface area contributed by atoms with Crippen molar-refractivity contribution >= 4 is 6.03 Å². The second-order valence-electron chi connectivity index (χ2n) is 4.39. The molecule has 82 valence electrons. The zero-order valence-electron chi connectivity index (χ0n) is 9.02. The van der Waals surface area contributed by atoms with Gasteiger partial charge in [-0.05, 0) is 18.8 Å². The van der Waals surface area contributed by atoms with E-state index in [1.165, 1.54) is 23.7 Å². The van der Waals surface area contributed by atoms with Gasteiger partial charge in [0.1, 0.15) is 6.33 Å². The molecule has 0 saturated heterocycles. The molecule has 0 spiro atoms. The number of carbonyl (C=O) groups is 1. The van der Waals surface area contributed by atoms with Crippen LogP contribution in [0.1, 0.15) is 32.6 Å². The molecule has 1 aliphatic carbocycles. The van der Waals surface area contributed by atoms with E-state index in [1.54, 1.807) is 12.4 Å². The van der Waals surface area contributed by atoms with Crippen LogP contribution in [0.25, 0.3) is 0 Å². The second kappa shape index (κ2) is 4.47. The summed E-state index contributed by atoms with van der Waals surface area (Å²) in [4.78, 5) is 15.5. The normalized spacial score (nSPS) is 26.2. The summed E-state index contributed by atoms with van der Waals surface area (Å²) >= 11 is 0. The molecule has 2 atom stereocenters. The number of hydrogen-bond acceptors (Lipinski definition) is 2. The van der Waals surface area contributed by atoms with Crippen molar-refractivity contribution in [1.29, 1.82) is 0 Å². The van der Waals surface area contributed by atoms with Crippen LogP contribution in [0.3, 0.4) is 0 Å². The number of aromatic nitrogens is 2. The highest BCUT2D eigenvalue weighted by molar-refractivity contribution is 5.76. The van der Waals surface area contributed by atoms with Gasteiger partial charge in [-0.3, -0.25) is 4.57 Å². The number of imidazole rings is 1. The number of nitrogens with one attached hydrogen (secondary N) is 1. The first kappa shape index (κ1) is 10.2. The molecule has 1 N–H and O–H groups in total. The first-order valence-electron chi connectivity index (χ1n) is 5.54. The van der Waals surface area contributed by atoms with Crippen molar-refractivity contribution in [3.63, 3.8) is 0 Å². The molecule has 1 aromatic rings. The van der Waals surface area contributed by atoms with Crippen molar-refractivity contribution in [1.82, 2.24) is 14.9 Å². The predicted molar refractivity (Wildman–Crippen MR) is 57.6 cm³/mol. The van der Waals surface area contributed by atoms with Gasteiger partial charge in [-0.15, -0.1) is 0 Å². The van der Waals surface area contributed by atoms with E-state index in [1.807, 2.05) is 0 Å². The van der Waals surface area contributed by atoms with Crippen LogP contribution in [0, 0.1) is 5.92 Å². The topological polar surface area (TPSA) is 46.9 Å². The van der Waals surface area contributed by atoms with Crippen molar-refractivity contribution in [2.24, 2.45) is 5.92 Å². The van der Waals surface area contributed by atoms with Gasteiger partial charge in [0.05, 0.1) is 0 Å². The van der Waals surface area contributed by atoms with E-state index in [4.69, 9.17) is 0 Å². The lowest BCUT2D eigenvalue weighted by molar-refractivity contribution is 0.229. The highest BCUT2D eigenvalue weighted by Gasteiger charge is 2.20. The fourth-order valence-electron chi connectivity index (χ4n) is 2.19. The summed E-state index contributed by atoms with van der Waals surface area (Å²) in [7, 11) is 0. The van der Waals surface area contributed by atoms with Gasteiger partial charge in [0.15, 0.2) is 0 Å². The summed E-state index contributed by atoms with van der Waals surface area (Å²) in [6.07, 6.45) is 9.52. The summed E-state index contributed by atoms with van der Waals surface area (Å²) < 4.78 is 1.49. The van der Waals surface area contributed by atoms with E-state index in [2.05, 4.69) is 17.2 Å². The zero-order chi connectivity index (χ0) is 10.7. The van der Waals surface area contributed by atoms with E-state index >= 15 is 0 Å². The Balaban J connectivity index is 1.89. The lowest BCUT2D eigenvalue weighted by Gasteiger charge is -2.27. The third kappa shape index (κ3) is 2.58. The average Bonchev–Trinajstić information content (AvgIpc) is 2.70. The van der Waals surface area contributed by atoms with Gasteiger partial charge in [0.2, 0.25) is 0 Å². The van der Waals surface area contributed by atoms with Crippen LogP contribution in [0.2, 0.25) is 0 Å².